The fraction of sp³-hybridized carbons (Fsp3) is 0.704. The Hall–Kier alpha value is -2.48. The molecule has 0 aromatic carbocycles. The van der Waals surface area contributed by atoms with Gasteiger partial charge in [-0.1, -0.05) is 37.3 Å². The van der Waals surface area contributed by atoms with Crippen LogP contribution < -0.4 is 0 Å². The Bertz CT molecular complexity index is 861. The average Bonchev–Trinajstić information content (AvgIpc) is 3.25. The van der Waals surface area contributed by atoms with E-state index in [0.29, 0.717) is 18.8 Å². The highest BCUT2D eigenvalue weighted by atomic mass is 16.7. The van der Waals surface area contributed by atoms with Crippen LogP contribution in [-0.2, 0) is 19.0 Å². The van der Waals surface area contributed by atoms with Crippen molar-refractivity contribution in [2.24, 2.45) is 23.7 Å². The highest BCUT2D eigenvalue weighted by molar-refractivity contribution is 5.68. The molecule has 6 atom stereocenters. The molecule has 2 aliphatic carbocycles. The van der Waals surface area contributed by atoms with E-state index in [1.807, 2.05) is 19.9 Å². The van der Waals surface area contributed by atoms with Crippen LogP contribution >= 0.6 is 0 Å². The van der Waals surface area contributed by atoms with Crippen LogP contribution in [0.3, 0.4) is 0 Å². The largest absolute Gasteiger partial charge is 0.509 e. The van der Waals surface area contributed by atoms with Gasteiger partial charge >= 0.3 is 12.1 Å². The van der Waals surface area contributed by atoms with Gasteiger partial charge in [-0.25, -0.2) is 9.59 Å². The van der Waals surface area contributed by atoms with E-state index in [1.165, 1.54) is 5.57 Å². The zero-order valence-electron chi connectivity index (χ0n) is 20.9. The van der Waals surface area contributed by atoms with Gasteiger partial charge in [-0.15, -0.1) is 11.8 Å². The first kappa shape index (κ1) is 27.8. The van der Waals surface area contributed by atoms with Crippen molar-refractivity contribution in [2.75, 3.05) is 13.2 Å². The lowest BCUT2D eigenvalue weighted by atomic mass is 9.90. The number of aliphatic hydroxyl groups excluding tert-OH is 1. The minimum absolute atomic E-state index is 0.0839. The van der Waals surface area contributed by atoms with E-state index in [2.05, 4.69) is 23.7 Å². The second-order valence-electron chi connectivity index (χ2n) is 10.1. The number of ether oxygens (including phenoxy) is 3. The predicted molar refractivity (Wildman–Crippen MR) is 128 cm³/mol. The molecule has 2 N–H and O–H groups in total. The third-order valence-corrected chi connectivity index (χ3v) is 6.04. The summed E-state index contributed by atoms with van der Waals surface area (Å²) in [6, 6.07) is 0. The zero-order valence-corrected chi connectivity index (χ0v) is 20.9. The van der Waals surface area contributed by atoms with Crippen molar-refractivity contribution < 1.29 is 34.0 Å². The summed E-state index contributed by atoms with van der Waals surface area (Å²) >= 11 is 0. The van der Waals surface area contributed by atoms with Gasteiger partial charge in [-0.3, -0.25) is 0 Å². The Labute approximate surface area is 203 Å². The molecule has 0 heterocycles. The average molecular weight is 475 g/mol. The highest BCUT2D eigenvalue weighted by Gasteiger charge is 2.48. The minimum Gasteiger partial charge on any atom is -0.480 e. The lowest BCUT2D eigenvalue weighted by Gasteiger charge is -2.23. The molecule has 0 aromatic rings. The van der Waals surface area contributed by atoms with Gasteiger partial charge in [-0.05, 0) is 51.9 Å². The van der Waals surface area contributed by atoms with Crippen LogP contribution in [-0.4, -0.2) is 53.4 Å². The number of carboxylic acid groups (broad SMARTS) is 1. The summed E-state index contributed by atoms with van der Waals surface area (Å²) in [6.07, 6.45) is 3.66. The number of aliphatic carboxylic acids is 1. The summed E-state index contributed by atoms with van der Waals surface area (Å²) in [5.41, 5.74) is 0.552. The van der Waals surface area contributed by atoms with Crippen molar-refractivity contribution in [3.8, 4) is 23.7 Å². The van der Waals surface area contributed by atoms with Gasteiger partial charge in [0.2, 0.25) is 0 Å². The Morgan fingerprint density at radius 3 is 2.62 bits per heavy atom. The molecule has 0 aliphatic heterocycles. The summed E-state index contributed by atoms with van der Waals surface area (Å²) < 4.78 is 16.2. The smallest absolute Gasteiger partial charge is 0.480 e. The van der Waals surface area contributed by atoms with E-state index in [-0.39, 0.29) is 31.0 Å². The third kappa shape index (κ3) is 9.05. The van der Waals surface area contributed by atoms with Gasteiger partial charge in [0.25, 0.3) is 0 Å². The number of fused-ring (bicyclic) bond motifs is 1. The number of aliphatic hydroxyl groups is 1. The first-order chi connectivity index (χ1) is 16.0. The quantitative estimate of drug-likeness (QED) is 0.247. The van der Waals surface area contributed by atoms with Crippen LogP contribution in [0.2, 0.25) is 0 Å². The van der Waals surface area contributed by atoms with Gasteiger partial charge in [0, 0.05) is 18.8 Å². The van der Waals surface area contributed by atoms with E-state index in [0.717, 1.165) is 19.3 Å². The lowest BCUT2D eigenvalue weighted by molar-refractivity contribution is -0.141. The number of rotatable bonds is 7. The Balaban J connectivity index is 2.11. The molecule has 188 valence electrons. The van der Waals surface area contributed by atoms with E-state index in [4.69, 9.17) is 19.3 Å². The van der Waals surface area contributed by atoms with Crippen LogP contribution in [0.4, 0.5) is 4.79 Å². The predicted octanol–water partition coefficient (Wildman–Crippen LogP) is 4.18. The second kappa shape index (κ2) is 12.8. The van der Waals surface area contributed by atoms with E-state index in [9.17, 15) is 14.7 Å². The van der Waals surface area contributed by atoms with E-state index < -0.39 is 29.9 Å². The Morgan fingerprint density at radius 1 is 1.24 bits per heavy atom. The maximum atomic E-state index is 12.3. The van der Waals surface area contributed by atoms with Gasteiger partial charge in [0.1, 0.15) is 24.4 Å². The fourth-order valence-electron chi connectivity index (χ4n) is 4.44. The molecule has 0 radical (unpaired) electrons. The van der Waals surface area contributed by atoms with Crippen LogP contribution in [0.1, 0.15) is 66.7 Å². The van der Waals surface area contributed by atoms with Gasteiger partial charge in [0.05, 0.1) is 12.5 Å². The topological polar surface area (TPSA) is 102 Å². The number of carbonyl (C=O) groups excluding carboxylic acids is 1. The SMILES string of the molecule is CCC#CC[C@H](C)[C@H](O)C#C[C@@H]1[C@H]2C/C(=C/COCC(=O)O)C[C@H]2C[C@H]1OC(=O)OC(C)(C)C. The van der Waals surface area contributed by atoms with Crippen molar-refractivity contribution in [2.45, 2.75) is 84.5 Å². The highest BCUT2D eigenvalue weighted by Crippen LogP contribution is 2.50. The molecule has 7 nitrogen and oxygen atoms in total. The van der Waals surface area contributed by atoms with Gasteiger partial charge < -0.3 is 24.4 Å². The second-order valence-corrected chi connectivity index (χ2v) is 10.1. The van der Waals surface area contributed by atoms with Crippen molar-refractivity contribution in [3.05, 3.63) is 11.6 Å². The van der Waals surface area contributed by atoms with E-state index >= 15 is 0 Å². The zero-order chi connectivity index (χ0) is 25.3. The molecular formula is C27H38O7. The molecule has 34 heavy (non-hydrogen) atoms. The normalized spacial score (nSPS) is 26.5. The summed E-state index contributed by atoms with van der Waals surface area (Å²) in [6.45, 7) is 9.20. The molecule has 2 fully saturated rings. The van der Waals surface area contributed by atoms with Crippen molar-refractivity contribution in [1.82, 2.24) is 0 Å². The van der Waals surface area contributed by atoms with Crippen LogP contribution in [0.25, 0.3) is 0 Å². The molecule has 0 bridgehead atoms. The van der Waals surface area contributed by atoms with Crippen LogP contribution in [0.15, 0.2) is 11.6 Å². The molecule has 0 amide bonds. The van der Waals surface area contributed by atoms with Gasteiger partial charge in [-0.2, -0.15) is 0 Å². The number of carbonyl (C=O) groups is 2. The first-order valence-corrected chi connectivity index (χ1v) is 12.0. The standard InChI is InChI=1S/C27H38O7/c1-6-7-8-9-18(2)23(28)11-10-21-22-15-19(12-13-32-17-25(29)30)14-20(22)16-24(21)33-26(31)34-27(3,4)5/h12,18,20-24,28H,6,9,13-17H2,1-5H3,(H,29,30)/b19-12+/t18-,20-,21+,22-,23+,24+/m0/s1. The number of allylic oxidation sites excluding steroid dienone is 1. The maximum Gasteiger partial charge on any atom is 0.509 e. The van der Waals surface area contributed by atoms with E-state index in [1.54, 1.807) is 20.8 Å². The summed E-state index contributed by atoms with van der Waals surface area (Å²) in [7, 11) is 0. The lowest BCUT2D eigenvalue weighted by Crippen LogP contribution is -2.30. The molecule has 2 rings (SSSR count). The third-order valence-electron chi connectivity index (χ3n) is 6.04. The minimum atomic E-state index is -0.993. The monoisotopic (exact) mass is 474 g/mol. The molecule has 0 saturated heterocycles. The number of carboxylic acids is 1. The molecule has 0 unspecified atom stereocenters. The molecule has 0 spiro atoms. The van der Waals surface area contributed by atoms with Gasteiger partial charge in [0.15, 0.2) is 0 Å². The molecule has 2 saturated carbocycles. The first-order valence-electron chi connectivity index (χ1n) is 12.0. The molecule has 2 aliphatic rings. The number of hydrogen-bond acceptors (Lipinski definition) is 6. The molecule has 7 heteroatoms. The summed E-state index contributed by atoms with van der Waals surface area (Å²) in [5.74, 6) is 11.5. The molecular weight excluding hydrogens is 436 g/mol. The van der Waals surface area contributed by atoms with Crippen molar-refractivity contribution in [3.63, 3.8) is 0 Å². The fourth-order valence-corrected chi connectivity index (χ4v) is 4.44. The van der Waals surface area contributed by atoms with Crippen LogP contribution in [0.5, 0.6) is 0 Å². The maximum absolute atomic E-state index is 12.3. The Morgan fingerprint density at radius 2 is 1.97 bits per heavy atom. The van der Waals surface area contributed by atoms with Crippen LogP contribution in [0, 0.1) is 47.4 Å². The Kier molecular flexibility index (Phi) is 10.5. The summed E-state index contributed by atoms with van der Waals surface area (Å²) in [5, 5.41) is 19.2. The van der Waals surface area contributed by atoms with Crippen molar-refractivity contribution >= 4 is 12.1 Å². The van der Waals surface area contributed by atoms with Crippen molar-refractivity contribution in [1.29, 1.82) is 0 Å². The number of hydrogen-bond donors (Lipinski definition) is 2. The molecule has 0 aromatic heterocycles. The summed E-state index contributed by atoms with van der Waals surface area (Å²) in [4.78, 5) is 23.0.